The molecule has 86 valence electrons. The monoisotopic (exact) mass is 283 g/mol. The van der Waals surface area contributed by atoms with Crippen molar-refractivity contribution >= 4 is 15.9 Å². The smallest absolute Gasteiger partial charge is 0.123 e. The SMILES string of the molecule is Cc1nn(C)c(CC(N)c2ncc[nH]2)c1Br. The molecule has 0 spiro atoms. The van der Waals surface area contributed by atoms with Crippen molar-refractivity contribution in [3.8, 4) is 0 Å². The Morgan fingerprint density at radius 1 is 1.62 bits per heavy atom. The number of hydrogen-bond donors (Lipinski definition) is 2. The van der Waals surface area contributed by atoms with Crippen LogP contribution >= 0.6 is 15.9 Å². The van der Waals surface area contributed by atoms with Gasteiger partial charge in [-0.25, -0.2) is 4.98 Å². The molecule has 3 N–H and O–H groups in total. The molecule has 2 heterocycles. The Morgan fingerprint density at radius 3 is 2.88 bits per heavy atom. The maximum atomic E-state index is 6.06. The van der Waals surface area contributed by atoms with Crippen molar-refractivity contribution in [2.75, 3.05) is 0 Å². The summed E-state index contributed by atoms with van der Waals surface area (Å²) in [5.41, 5.74) is 8.12. The van der Waals surface area contributed by atoms with E-state index in [9.17, 15) is 0 Å². The van der Waals surface area contributed by atoms with Crippen LogP contribution in [-0.4, -0.2) is 19.7 Å². The number of aromatic nitrogens is 4. The number of nitrogens with one attached hydrogen (secondary N) is 1. The van der Waals surface area contributed by atoms with E-state index >= 15 is 0 Å². The summed E-state index contributed by atoms with van der Waals surface area (Å²) in [6.45, 7) is 1.96. The highest BCUT2D eigenvalue weighted by Gasteiger charge is 2.16. The summed E-state index contributed by atoms with van der Waals surface area (Å²) < 4.78 is 2.87. The van der Waals surface area contributed by atoms with Gasteiger partial charge in [0.1, 0.15) is 5.82 Å². The van der Waals surface area contributed by atoms with Crippen LogP contribution in [-0.2, 0) is 13.5 Å². The summed E-state index contributed by atoms with van der Waals surface area (Å²) in [4.78, 5) is 7.17. The van der Waals surface area contributed by atoms with Gasteiger partial charge in [-0.1, -0.05) is 0 Å². The van der Waals surface area contributed by atoms with Crippen LogP contribution in [0.15, 0.2) is 16.9 Å². The molecule has 5 nitrogen and oxygen atoms in total. The topological polar surface area (TPSA) is 72.5 Å². The summed E-state index contributed by atoms with van der Waals surface area (Å²) in [6, 6.07) is -0.138. The molecule has 0 fully saturated rings. The number of imidazole rings is 1. The fraction of sp³-hybridized carbons (Fsp3) is 0.400. The number of halogens is 1. The van der Waals surface area contributed by atoms with Crippen LogP contribution in [0.5, 0.6) is 0 Å². The standard InChI is InChI=1S/C10H14BrN5/c1-6-9(11)8(16(2)15-6)5-7(12)10-13-3-4-14-10/h3-4,7H,5,12H2,1-2H3,(H,13,14). The summed E-state index contributed by atoms with van der Waals surface area (Å²) in [6.07, 6.45) is 4.18. The van der Waals surface area contributed by atoms with Gasteiger partial charge < -0.3 is 10.7 Å². The van der Waals surface area contributed by atoms with Gasteiger partial charge in [0.25, 0.3) is 0 Å². The second-order valence-electron chi connectivity index (χ2n) is 3.75. The molecular weight excluding hydrogens is 270 g/mol. The van der Waals surface area contributed by atoms with E-state index in [2.05, 4.69) is 31.0 Å². The molecule has 0 saturated heterocycles. The zero-order valence-corrected chi connectivity index (χ0v) is 10.8. The Hall–Kier alpha value is -1.14. The van der Waals surface area contributed by atoms with Crippen molar-refractivity contribution in [1.82, 2.24) is 19.7 Å². The molecule has 0 aliphatic rings. The van der Waals surface area contributed by atoms with Gasteiger partial charge in [-0.3, -0.25) is 4.68 Å². The quantitative estimate of drug-likeness (QED) is 0.896. The highest BCUT2D eigenvalue weighted by molar-refractivity contribution is 9.10. The van der Waals surface area contributed by atoms with Gasteiger partial charge in [-0.15, -0.1) is 0 Å². The number of H-pyrrole nitrogens is 1. The molecule has 16 heavy (non-hydrogen) atoms. The van der Waals surface area contributed by atoms with Crippen LogP contribution in [0.3, 0.4) is 0 Å². The van der Waals surface area contributed by atoms with Gasteiger partial charge >= 0.3 is 0 Å². The van der Waals surface area contributed by atoms with E-state index in [-0.39, 0.29) is 6.04 Å². The predicted octanol–water partition coefficient (Wildman–Crippen LogP) is 1.46. The lowest BCUT2D eigenvalue weighted by atomic mass is 10.1. The first-order valence-corrected chi connectivity index (χ1v) is 5.81. The first-order valence-electron chi connectivity index (χ1n) is 5.02. The van der Waals surface area contributed by atoms with Crippen molar-refractivity contribution in [3.63, 3.8) is 0 Å². The molecule has 0 aliphatic heterocycles. The van der Waals surface area contributed by atoms with Crippen LogP contribution in [0.1, 0.15) is 23.3 Å². The first-order chi connectivity index (χ1) is 7.59. The number of nitrogens with zero attached hydrogens (tertiary/aromatic N) is 3. The maximum Gasteiger partial charge on any atom is 0.123 e. The van der Waals surface area contributed by atoms with Crippen molar-refractivity contribution in [2.45, 2.75) is 19.4 Å². The Morgan fingerprint density at radius 2 is 2.38 bits per heavy atom. The third kappa shape index (κ3) is 2.03. The van der Waals surface area contributed by atoms with E-state index in [1.165, 1.54) is 0 Å². The third-order valence-electron chi connectivity index (χ3n) is 2.55. The largest absolute Gasteiger partial charge is 0.347 e. The van der Waals surface area contributed by atoms with Crippen molar-refractivity contribution in [3.05, 3.63) is 34.1 Å². The second kappa shape index (κ2) is 4.39. The van der Waals surface area contributed by atoms with Gasteiger partial charge in [0.2, 0.25) is 0 Å². The van der Waals surface area contributed by atoms with Crippen LogP contribution in [0.4, 0.5) is 0 Å². The molecule has 0 saturated carbocycles. The molecule has 0 bridgehead atoms. The Labute approximate surface area is 102 Å². The third-order valence-corrected chi connectivity index (χ3v) is 3.58. The highest BCUT2D eigenvalue weighted by atomic mass is 79.9. The van der Waals surface area contributed by atoms with E-state index in [0.717, 1.165) is 21.7 Å². The number of hydrogen-bond acceptors (Lipinski definition) is 3. The average molecular weight is 284 g/mol. The van der Waals surface area contributed by atoms with Crippen LogP contribution in [0, 0.1) is 6.92 Å². The molecule has 0 aliphatic carbocycles. The van der Waals surface area contributed by atoms with Crippen LogP contribution in [0.25, 0.3) is 0 Å². The number of rotatable bonds is 3. The number of aromatic amines is 1. The maximum absolute atomic E-state index is 6.06. The van der Waals surface area contributed by atoms with Gasteiger partial charge in [0.05, 0.1) is 21.9 Å². The lowest BCUT2D eigenvalue weighted by molar-refractivity contribution is 0.617. The second-order valence-corrected chi connectivity index (χ2v) is 4.55. The van der Waals surface area contributed by atoms with Gasteiger partial charge in [-0.2, -0.15) is 5.10 Å². The minimum absolute atomic E-state index is 0.138. The molecule has 6 heteroatoms. The van der Waals surface area contributed by atoms with E-state index in [1.54, 1.807) is 12.4 Å². The summed E-state index contributed by atoms with van der Waals surface area (Å²) >= 11 is 3.52. The lowest BCUT2D eigenvalue weighted by Gasteiger charge is -2.09. The van der Waals surface area contributed by atoms with Crippen LogP contribution in [0.2, 0.25) is 0 Å². The fourth-order valence-electron chi connectivity index (χ4n) is 1.69. The lowest BCUT2D eigenvalue weighted by Crippen LogP contribution is -2.17. The molecule has 0 radical (unpaired) electrons. The van der Waals surface area contributed by atoms with E-state index in [1.807, 2.05) is 18.7 Å². The minimum Gasteiger partial charge on any atom is -0.347 e. The molecular formula is C10H14BrN5. The molecule has 2 aromatic rings. The van der Waals surface area contributed by atoms with Crippen molar-refractivity contribution in [1.29, 1.82) is 0 Å². The Kier molecular flexibility index (Phi) is 3.11. The van der Waals surface area contributed by atoms with E-state index in [0.29, 0.717) is 6.42 Å². The Bertz CT molecular complexity index is 474. The van der Waals surface area contributed by atoms with Gasteiger partial charge in [-0.05, 0) is 22.9 Å². The molecule has 1 unspecified atom stereocenters. The summed E-state index contributed by atoms with van der Waals surface area (Å²) in [7, 11) is 1.92. The fourth-order valence-corrected chi connectivity index (χ4v) is 2.18. The average Bonchev–Trinajstić information content (AvgIpc) is 2.83. The number of aryl methyl sites for hydroxylation is 2. The number of nitrogens with two attached hydrogens (primary N) is 1. The molecule has 0 amide bonds. The first kappa shape index (κ1) is 11.3. The van der Waals surface area contributed by atoms with E-state index in [4.69, 9.17) is 5.73 Å². The minimum atomic E-state index is -0.138. The van der Waals surface area contributed by atoms with Gasteiger partial charge in [0, 0.05) is 25.9 Å². The molecule has 1 atom stereocenters. The molecule has 2 aromatic heterocycles. The van der Waals surface area contributed by atoms with Crippen LogP contribution < -0.4 is 5.73 Å². The molecule has 2 rings (SSSR count). The molecule has 0 aromatic carbocycles. The van der Waals surface area contributed by atoms with Gasteiger partial charge in [0.15, 0.2) is 0 Å². The van der Waals surface area contributed by atoms with Crippen molar-refractivity contribution in [2.24, 2.45) is 12.8 Å². The summed E-state index contributed by atoms with van der Waals surface area (Å²) in [5.74, 6) is 0.797. The zero-order valence-electron chi connectivity index (χ0n) is 9.24. The van der Waals surface area contributed by atoms with Crippen molar-refractivity contribution < 1.29 is 0 Å². The van der Waals surface area contributed by atoms with E-state index < -0.39 is 0 Å². The summed E-state index contributed by atoms with van der Waals surface area (Å²) in [5, 5.41) is 4.33. The predicted molar refractivity (Wildman–Crippen MR) is 64.9 cm³/mol. The zero-order chi connectivity index (χ0) is 11.7. The normalized spacial score (nSPS) is 13.0. The Balaban J connectivity index is 2.21. The highest BCUT2D eigenvalue weighted by Crippen LogP contribution is 2.23.